The van der Waals surface area contributed by atoms with Gasteiger partial charge in [0.15, 0.2) is 0 Å². The van der Waals surface area contributed by atoms with Crippen molar-refractivity contribution in [3.63, 3.8) is 0 Å². The van der Waals surface area contributed by atoms with Crippen molar-refractivity contribution < 1.29 is 19.1 Å². The summed E-state index contributed by atoms with van der Waals surface area (Å²) in [7, 11) is 0. The van der Waals surface area contributed by atoms with Crippen LogP contribution in [0.5, 0.6) is 0 Å². The monoisotopic (exact) mass is 304 g/mol. The number of nitrogens with zero attached hydrogens (tertiary/aromatic N) is 1. The van der Waals surface area contributed by atoms with Crippen molar-refractivity contribution in [2.24, 2.45) is 0 Å². The van der Waals surface area contributed by atoms with Gasteiger partial charge in [0, 0.05) is 0 Å². The zero-order valence-corrected chi connectivity index (χ0v) is 12.8. The number of hydrogen-bond acceptors (Lipinski definition) is 4. The van der Waals surface area contributed by atoms with Crippen molar-refractivity contribution in [3.05, 3.63) is 35.4 Å². The first-order valence-electron chi connectivity index (χ1n) is 7.42. The molecule has 3 amide bonds. The molecule has 0 aromatic heterocycles. The molecule has 0 aliphatic carbocycles. The van der Waals surface area contributed by atoms with E-state index in [1.165, 1.54) is 4.90 Å². The van der Waals surface area contributed by atoms with Crippen molar-refractivity contribution in [1.29, 1.82) is 0 Å². The van der Waals surface area contributed by atoms with Crippen LogP contribution in [0.3, 0.4) is 0 Å². The molecule has 2 atom stereocenters. The van der Waals surface area contributed by atoms with Crippen LogP contribution >= 0.6 is 0 Å². The predicted molar refractivity (Wildman–Crippen MR) is 79.3 cm³/mol. The van der Waals surface area contributed by atoms with E-state index in [0.29, 0.717) is 19.8 Å². The summed E-state index contributed by atoms with van der Waals surface area (Å²) in [6.07, 6.45) is -0.261. The van der Waals surface area contributed by atoms with E-state index in [2.05, 4.69) is 5.32 Å². The van der Waals surface area contributed by atoms with Crippen LogP contribution in [0.15, 0.2) is 24.3 Å². The quantitative estimate of drug-likeness (QED) is 0.852. The molecule has 1 aromatic rings. The van der Waals surface area contributed by atoms with Crippen LogP contribution in [0.4, 0.5) is 4.79 Å². The third-order valence-corrected chi connectivity index (χ3v) is 4.23. The van der Waals surface area contributed by atoms with Crippen molar-refractivity contribution in [2.75, 3.05) is 26.4 Å². The predicted octanol–water partition coefficient (Wildman–Crippen LogP) is 1.18. The maximum atomic E-state index is 12.8. The summed E-state index contributed by atoms with van der Waals surface area (Å²) < 4.78 is 10.9. The summed E-state index contributed by atoms with van der Waals surface area (Å²) >= 11 is 0. The van der Waals surface area contributed by atoms with E-state index in [1.54, 1.807) is 6.92 Å². The third-order valence-electron chi connectivity index (χ3n) is 4.23. The van der Waals surface area contributed by atoms with Gasteiger partial charge < -0.3 is 14.8 Å². The lowest BCUT2D eigenvalue weighted by atomic mass is 9.88. The summed E-state index contributed by atoms with van der Waals surface area (Å²) in [6, 6.07) is 7.20. The van der Waals surface area contributed by atoms with Crippen molar-refractivity contribution in [1.82, 2.24) is 10.2 Å². The number of carbonyl (C=O) groups is 2. The van der Waals surface area contributed by atoms with Crippen LogP contribution in [0.2, 0.25) is 0 Å². The maximum absolute atomic E-state index is 12.8. The Labute approximate surface area is 129 Å². The number of imide groups is 1. The molecule has 2 aliphatic rings. The minimum Gasteiger partial charge on any atom is -0.376 e. The highest BCUT2D eigenvalue weighted by Crippen LogP contribution is 2.31. The number of benzene rings is 1. The van der Waals surface area contributed by atoms with Gasteiger partial charge in [-0.1, -0.05) is 24.3 Å². The van der Waals surface area contributed by atoms with Crippen LogP contribution < -0.4 is 5.32 Å². The molecule has 118 valence electrons. The minimum absolute atomic E-state index is 0.214. The van der Waals surface area contributed by atoms with Gasteiger partial charge in [-0.15, -0.1) is 0 Å². The van der Waals surface area contributed by atoms with Crippen LogP contribution in [0.25, 0.3) is 0 Å². The van der Waals surface area contributed by atoms with Gasteiger partial charge in [0.25, 0.3) is 5.91 Å². The van der Waals surface area contributed by atoms with Gasteiger partial charge in [0.05, 0.1) is 32.5 Å². The second-order valence-corrected chi connectivity index (χ2v) is 5.85. The molecule has 6 nitrogen and oxygen atoms in total. The molecular weight excluding hydrogens is 284 g/mol. The topological polar surface area (TPSA) is 67.9 Å². The molecule has 0 spiro atoms. The average molecular weight is 304 g/mol. The number of rotatable bonds is 3. The van der Waals surface area contributed by atoms with Crippen LogP contribution in [-0.4, -0.2) is 49.3 Å². The Kier molecular flexibility index (Phi) is 3.88. The molecule has 2 fully saturated rings. The fourth-order valence-corrected chi connectivity index (χ4v) is 3.02. The Morgan fingerprint density at radius 3 is 2.77 bits per heavy atom. The molecule has 1 N–H and O–H groups in total. The highest BCUT2D eigenvalue weighted by molar-refractivity contribution is 6.07. The Hall–Kier alpha value is -1.92. The van der Waals surface area contributed by atoms with E-state index in [0.717, 1.165) is 11.1 Å². The third kappa shape index (κ3) is 2.48. The van der Waals surface area contributed by atoms with Gasteiger partial charge in [-0.3, -0.25) is 9.69 Å². The van der Waals surface area contributed by atoms with Crippen LogP contribution in [-0.2, 0) is 19.8 Å². The molecule has 2 aliphatic heterocycles. The Balaban J connectivity index is 1.83. The van der Waals surface area contributed by atoms with E-state index < -0.39 is 5.54 Å². The van der Waals surface area contributed by atoms with Gasteiger partial charge in [0.1, 0.15) is 5.54 Å². The number of aryl methyl sites for hydroxylation is 1. The van der Waals surface area contributed by atoms with Crippen molar-refractivity contribution in [2.45, 2.75) is 25.5 Å². The molecule has 0 radical (unpaired) electrons. The molecule has 2 saturated heterocycles. The van der Waals surface area contributed by atoms with Gasteiger partial charge in [-0.25, -0.2) is 4.79 Å². The zero-order valence-electron chi connectivity index (χ0n) is 12.8. The van der Waals surface area contributed by atoms with E-state index >= 15 is 0 Å². The molecule has 2 unspecified atom stereocenters. The first kappa shape index (κ1) is 15.0. The standard InChI is InChI=1S/C16H20N2O4/c1-11-5-3-4-6-13(11)16(2)14(19)18(15(20)17-16)9-12-10-21-7-8-22-12/h3-6,12H,7-10H2,1-2H3,(H,17,20). The molecular formula is C16H20N2O4. The first-order chi connectivity index (χ1) is 10.5. The lowest BCUT2D eigenvalue weighted by Crippen LogP contribution is -2.44. The second kappa shape index (κ2) is 5.70. The highest BCUT2D eigenvalue weighted by atomic mass is 16.6. The summed E-state index contributed by atoms with van der Waals surface area (Å²) in [4.78, 5) is 26.3. The second-order valence-electron chi connectivity index (χ2n) is 5.85. The zero-order chi connectivity index (χ0) is 15.7. The van der Waals surface area contributed by atoms with Gasteiger partial charge >= 0.3 is 6.03 Å². The lowest BCUT2D eigenvalue weighted by molar-refractivity contribution is -0.136. The normalized spacial score (nSPS) is 28.8. The fourth-order valence-electron chi connectivity index (χ4n) is 3.02. The molecule has 0 bridgehead atoms. The number of hydrogen-bond donors (Lipinski definition) is 1. The van der Waals surface area contributed by atoms with E-state index in [1.807, 2.05) is 31.2 Å². The molecule has 0 saturated carbocycles. The number of carbonyl (C=O) groups excluding carboxylic acids is 2. The van der Waals surface area contributed by atoms with E-state index in [4.69, 9.17) is 9.47 Å². The number of ether oxygens (including phenoxy) is 2. The van der Waals surface area contributed by atoms with Crippen LogP contribution in [0, 0.1) is 6.92 Å². The minimum atomic E-state index is -1.03. The Morgan fingerprint density at radius 2 is 2.09 bits per heavy atom. The number of urea groups is 1. The number of nitrogens with one attached hydrogen (secondary N) is 1. The lowest BCUT2D eigenvalue weighted by Gasteiger charge is -2.27. The summed E-state index contributed by atoms with van der Waals surface area (Å²) in [5.74, 6) is -0.249. The van der Waals surface area contributed by atoms with Gasteiger partial charge in [-0.2, -0.15) is 0 Å². The summed E-state index contributed by atoms with van der Waals surface area (Å²) in [5, 5.41) is 2.82. The highest BCUT2D eigenvalue weighted by Gasteiger charge is 2.50. The molecule has 22 heavy (non-hydrogen) atoms. The molecule has 3 rings (SSSR count). The van der Waals surface area contributed by atoms with Crippen LogP contribution in [0.1, 0.15) is 18.1 Å². The average Bonchev–Trinajstić information content (AvgIpc) is 2.73. The maximum Gasteiger partial charge on any atom is 0.325 e. The first-order valence-corrected chi connectivity index (χ1v) is 7.42. The smallest absolute Gasteiger partial charge is 0.325 e. The summed E-state index contributed by atoms with van der Waals surface area (Å²) in [6.45, 7) is 5.33. The molecule has 2 heterocycles. The summed E-state index contributed by atoms with van der Waals surface area (Å²) in [5.41, 5.74) is 0.757. The Bertz CT molecular complexity index is 598. The Morgan fingerprint density at radius 1 is 1.32 bits per heavy atom. The van der Waals surface area contributed by atoms with Crippen molar-refractivity contribution in [3.8, 4) is 0 Å². The molecule has 1 aromatic carbocycles. The van der Waals surface area contributed by atoms with Gasteiger partial charge in [0.2, 0.25) is 0 Å². The molecule has 6 heteroatoms. The van der Waals surface area contributed by atoms with Gasteiger partial charge in [-0.05, 0) is 25.0 Å². The SMILES string of the molecule is Cc1ccccc1C1(C)NC(=O)N(CC2COCCO2)C1=O. The fraction of sp³-hybridized carbons (Fsp3) is 0.500. The number of amides is 3. The van der Waals surface area contributed by atoms with Crippen molar-refractivity contribution >= 4 is 11.9 Å². The largest absolute Gasteiger partial charge is 0.376 e. The van der Waals surface area contributed by atoms with E-state index in [-0.39, 0.29) is 24.6 Å². The van der Waals surface area contributed by atoms with E-state index in [9.17, 15) is 9.59 Å².